The van der Waals surface area contributed by atoms with Crippen molar-refractivity contribution in [3.05, 3.63) is 95.6 Å². The first-order valence-corrected chi connectivity index (χ1v) is 12.3. The van der Waals surface area contributed by atoms with Gasteiger partial charge in [0, 0.05) is 12.6 Å². The van der Waals surface area contributed by atoms with E-state index in [0.717, 1.165) is 17.4 Å². The van der Waals surface area contributed by atoms with Gasteiger partial charge in [-0.15, -0.1) is 0 Å². The van der Waals surface area contributed by atoms with Crippen LogP contribution in [-0.2, 0) is 21.4 Å². The number of sulfonamides is 1. The van der Waals surface area contributed by atoms with Gasteiger partial charge in [-0.2, -0.15) is 5.10 Å². The summed E-state index contributed by atoms with van der Waals surface area (Å²) in [7, 11) is -3.67. The van der Waals surface area contributed by atoms with Gasteiger partial charge < -0.3 is 5.32 Å². The third-order valence-corrected chi connectivity index (χ3v) is 6.06. The number of benzene rings is 3. The Hall–Kier alpha value is -3.98. The maximum absolute atomic E-state index is 13.0. The minimum atomic E-state index is -3.67. The molecule has 0 aromatic heterocycles. The summed E-state index contributed by atoms with van der Waals surface area (Å²) in [6.07, 6.45) is 1.11. The van der Waals surface area contributed by atoms with Crippen LogP contribution < -0.4 is 15.0 Å². The monoisotopic (exact) mass is 478 g/mol. The number of nitrogens with zero attached hydrogens (tertiary/aromatic N) is 2. The summed E-state index contributed by atoms with van der Waals surface area (Å²) in [6.45, 7) is 3.25. The lowest BCUT2D eigenvalue weighted by Gasteiger charge is -2.24. The molecule has 3 aromatic rings. The van der Waals surface area contributed by atoms with Gasteiger partial charge in [-0.1, -0.05) is 54.6 Å². The molecule has 0 saturated carbocycles. The fourth-order valence-electron chi connectivity index (χ4n) is 3.27. The minimum Gasteiger partial charge on any atom is -0.326 e. The number of carbonyl (C=O) groups is 2. The summed E-state index contributed by atoms with van der Waals surface area (Å²) in [5, 5.41) is 6.86. The largest absolute Gasteiger partial charge is 0.326 e. The summed E-state index contributed by atoms with van der Waals surface area (Å²) in [6, 6.07) is 22.7. The number of anilines is 2. The van der Waals surface area contributed by atoms with Gasteiger partial charge in [0.1, 0.15) is 0 Å². The molecule has 2 N–H and O–H groups in total. The molecule has 3 aromatic carbocycles. The summed E-state index contributed by atoms with van der Waals surface area (Å²) in [5.41, 5.74) is 5.70. The van der Waals surface area contributed by atoms with Crippen molar-refractivity contribution in [1.29, 1.82) is 0 Å². The molecule has 0 aliphatic heterocycles. The van der Waals surface area contributed by atoms with Crippen LogP contribution in [0.5, 0.6) is 0 Å². The number of hydrogen-bond acceptors (Lipinski definition) is 5. The predicted octanol–water partition coefficient (Wildman–Crippen LogP) is 3.77. The second-order valence-corrected chi connectivity index (χ2v) is 9.58. The first kappa shape index (κ1) is 24.7. The second kappa shape index (κ2) is 10.8. The Morgan fingerprint density at radius 1 is 0.882 bits per heavy atom. The van der Waals surface area contributed by atoms with Gasteiger partial charge in [-0.3, -0.25) is 13.9 Å². The standard InChI is InChI=1S/C25H26N4O4S/c1-18(21-13-15-22(16-14-21)26-19(2)30)27-28-25(31)23-11-7-8-12-24(23)29(34(3,32)33)17-20-9-5-4-6-10-20/h4-16H,17H2,1-3H3,(H,26,30)(H,28,31). The van der Waals surface area contributed by atoms with Gasteiger partial charge in [-0.05, 0) is 42.3 Å². The molecule has 0 saturated heterocycles. The topological polar surface area (TPSA) is 108 Å². The summed E-state index contributed by atoms with van der Waals surface area (Å²) < 4.78 is 26.4. The van der Waals surface area contributed by atoms with Gasteiger partial charge in [-0.25, -0.2) is 13.8 Å². The van der Waals surface area contributed by atoms with Crippen LogP contribution in [0.15, 0.2) is 84.0 Å². The van der Waals surface area contributed by atoms with E-state index in [9.17, 15) is 18.0 Å². The van der Waals surface area contributed by atoms with Crippen LogP contribution in [-0.4, -0.2) is 32.2 Å². The van der Waals surface area contributed by atoms with E-state index >= 15 is 0 Å². The molecule has 0 aliphatic rings. The lowest BCUT2D eigenvalue weighted by molar-refractivity contribution is -0.114. The fourth-order valence-corrected chi connectivity index (χ4v) is 4.17. The van der Waals surface area contributed by atoms with Crippen LogP contribution in [0.4, 0.5) is 11.4 Å². The van der Waals surface area contributed by atoms with E-state index in [2.05, 4.69) is 15.8 Å². The molecule has 34 heavy (non-hydrogen) atoms. The Labute approximate surface area is 199 Å². The Morgan fingerprint density at radius 2 is 1.50 bits per heavy atom. The van der Waals surface area contributed by atoms with Gasteiger partial charge in [0.15, 0.2) is 0 Å². The number of rotatable bonds is 8. The van der Waals surface area contributed by atoms with Crippen LogP contribution >= 0.6 is 0 Å². The third-order valence-electron chi connectivity index (χ3n) is 4.93. The lowest BCUT2D eigenvalue weighted by atomic mass is 10.1. The van der Waals surface area contributed by atoms with Gasteiger partial charge >= 0.3 is 0 Å². The molecular formula is C25H26N4O4S. The zero-order valence-corrected chi connectivity index (χ0v) is 20.0. The predicted molar refractivity (Wildman–Crippen MR) is 134 cm³/mol. The molecule has 0 bridgehead atoms. The zero-order chi connectivity index (χ0) is 24.7. The smallest absolute Gasteiger partial charge is 0.273 e. The molecule has 0 aliphatic carbocycles. The van der Waals surface area contributed by atoms with E-state index in [0.29, 0.717) is 11.4 Å². The van der Waals surface area contributed by atoms with Crippen LogP contribution in [0.25, 0.3) is 0 Å². The average Bonchev–Trinajstić information content (AvgIpc) is 2.81. The number of para-hydroxylation sites is 1. The van der Waals surface area contributed by atoms with Crippen LogP contribution in [0.3, 0.4) is 0 Å². The highest BCUT2D eigenvalue weighted by molar-refractivity contribution is 7.92. The van der Waals surface area contributed by atoms with Crippen molar-refractivity contribution in [2.45, 2.75) is 20.4 Å². The Morgan fingerprint density at radius 3 is 2.12 bits per heavy atom. The second-order valence-electron chi connectivity index (χ2n) is 7.67. The van der Waals surface area contributed by atoms with Crippen molar-refractivity contribution in [2.24, 2.45) is 5.10 Å². The minimum absolute atomic E-state index is 0.0902. The molecule has 2 amide bonds. The highest BCUT2D eigenvalue weighted by atomic mass is 32.2. The summed E-state index contributed by atoms with van der Waals surface area (Å²) in [5.74, 6) is -0.703. The highest BCUT2D eigenvalue weighted by Gasteiger charge is 2.23. The van der Waals surface area contributed by atoms with Crippen LogP contribution in [0.1, 0.15) is 35.3 Å². The van der Waals surface area contributed by atoms with Crippen molar-refractivity contribution in [3.8, 4) is 0 Å². The molecule has 8 nitrogen and oxygen atoms in total. The quantitative estimate of drug-likeness (QED) is 0.380. The lowest BCUT2D eigenvalue weighted by Crippen LogP contribution is -2.32. The summed E-state index contributed by atoms with van der Waals surface area (Å²) >= 11 is 0. The summed E-state index contributed by atoms with van der Waals surface area (Å²) in [4.78, 5) is 24.1. The number of hydrazone groups is 1. The van der Waals surface area contributed by atoms with Gasteiger partial charge in [0.2, 0.25) is 15.9 Å². The molecule has 0 atom stereocenters. The van der Waals surface area contributed by atoms with E-state index in [1.165, 1.54) is 11.2 Å². The van der Waals surface area contributed by atoms with Crippen molar-refractivity contribution in [1.82, 2.24) is 5.43 Å². The van der Waals surface area contributed by atoms with Crippen molar-refractivity contribution >= 4 is 38.9 Å². The van der Waals surface area contributed by atoms with Crippen LogP contribution in [0, 0.1) is 0 Å². The molecule has 0 heterocycles. The third kappa shape index (κ3) is 6.52. The van der Waals surface area contributed by atoms with E-state index < -0.39 is 15.9 Å². The van der Waals surface area contributed by atoms with Gasteiger partial charge in [0.25, 0.3) is 5.91 Å². The van der Waals surface area contributed by atoms with E-state index in [1.54, 1.807) is 55.5 Å². The van der Waals surface area contributed by atoms with Crippen LogP contribution in [0.2, 0.25) is 0 Å². The first-order chi connectivity index (χ1) is 16.1. The Balaban J connectivity index is 1.83. The molecule has 176 valence electrons. The number of carbonyl (C=O) groups excluding carboxylic acids is 2. The zero-order valence-electron chi connectivity index (χ0n) is 19.1. The maximum atomic E-state index is 13.0. The van der Waals surface area contributed by atoms with Gasteiger partial charge in [0.05, 0.1) is 29.8 Å². The first-order valence-electron chi connectivity index (χ1n) is 10.5. The molecule has 0 spiro atoms. The number of hydrogen-bond donors (Lipinski definition) is 2. The fraction of sp³-hybridized carbons (Fsp3) is 0.160. The number of amides is 2. The molecular weight excluding hydrogens is 452 g/mol. The van der Waals surface area contributed by atoms with Crippen molar-refractivity contribution in [2.75, 3.05) is 15.9 Å². The van der Waals surface area contributed by atoms with E-state index in [4.69, 9.17) is 0 Å². The molecule has 0 unspecified atom stereocenters. The highest BCUT2D eigenvalue weighted by Crippen LogP contribution is 2.25. The van der Waals surface area contributed by atoms with E-state index in [-0.39, 0.29) is 23.7 Å². The maximum Gasteiger partial charge on any atom is 0.273 e. The molecule has 0 fully saturated rings. The Bertz CT molecular complexity index is 1300. The SMILES string of the molecule is CC(=O)Nc1ccc(C(C)=NNC(=O)c2ccccc2N(Cc2ccccc2)S(C)(=O)=O)cc1. The van der Waals surface area contributed by atoms with E-state index in [1.807, 2.05) is 30.3 Å². The Kier molecular flexibility index (Phi) is 7.80. The molecule has 0 radical (unpaired) electrons. The molecule has 9 heteroatoms. The van der Waals surface area contributed by atoms with Crippen molar-refractivity contribution < 1.29 is 18.0 Å². The normalized spacial score (nSPS) is 11.6. The number of nitrogens with one attached hydrogen (secondary N) is 2. The molecule has 3 rings (SSSR count). The van der Waals surface area contributed by atoms with Crippen molar-refractivity contribution in [3.63, 3.8) is 0 Å². The average molecular weight is 479 g/mol.